The van der Waals surface area contributed by atoms with Crippen molar-refractivity contribution in [2.75, 3.05) is 6.54 Å². The van der Waals surface area contributed by atoms with Crippen molar-refractivity contribution in [3.63, 3.8) is 0 Å². The van der Waals surface area contributed by atoms with Crippen LogP contribution >= 0.6 is 22.6 Å². The number of nitrogens with zero attached hydrogens (tertiary/aromatic N) is 3. The molecule has 0 bridgehead atoms. The van der Waals surface area contributed by atoms with Crippen LogP contribution in [0.5, 0.6) is 0 Å². The van der Waals surface area contributed by atoms with Gasteiger partial charge in [0.2, 0.25) is 0 Å². The van der Waals surface area contributed by atoms with Crippen molar-refractivity contribution in [3.05, 3.63) is 21.2 Å². The van der Waals surface area contributed by atoms with Gasteiger partial charge in [-0.3, -0.25) is 0 Å². The summed E-state index contributed by atoms with van der Waals surface area (Å²) >= 11 is 2.04. The average Bonchev–Trinajstić information content (AvgIpc) is 3.08. The van der Waals surface area contributed by atoms with Gasteiger partial charge in [0.1, 0.15) is 15.5 Å². The number of hydrogen-bond donors (Lipinski definition) is 3. The highest BCUT2D eigenvalue weighted by atomic mass is 127. The van der Waals surface area contributed by atoms with E-state index in [9.17, 15) is 5.11 Å². The fourth-order valence-electron chi connectivity index (χ4n) is 1.76. The van der Waals surface area contributed by atoms with E-state index in [0.717, 1.165) is 12.5 Å². The van der Waals surface area contributed by atoms with Crippen molar-refractivity contribution in [1.29, 1.82) is 5.41 Å². The fraction of sp³-hybridized carbons (Fsp3) is 0.583. The molecule has 1 saturated carbocycles. The first-order chi connectivity index (χ1) is 8.99. The molecule has 6 nitrogen and oxygen atoms in total. The number of aliphatic hydroxyl groups is 1. The minimum Gasteiger partial charge on any atom is -0.390 e. The Bertz CT molecular complexity index is 506. The molecule has 0 radical (unpaired) electrons. The Labute approximate surface area is 125 Å². The monoisotopic (exact) mass is 375 g/mol. The van der Waals surface area contributed by atoms with E-state index >= 15 is 0 Å². The topological polar surface area (TPSA) is 86.8 Å². The molecular weight excluding hydrogens is 357 g/mol. The van der Waals surface area contributed by atoms with Gasteiger partial charge in [-0.1, -0.05) is 0 Å². The smallest absolute Gasteiger partial charge is 0.149 e. The number of rotatable bonds is 6. The molecule has 1 aliphatic carbocycles. The van der Waals surface area contributed by atoms with E-state index in [1.165, 1.54) is 17.6 Å². The second kappa shape index (κ2) is 6.00. The zero-order chi connectivity index (χ0) is 14.0. The molecule has 0 spiro atoms. The van der Waals surface area contributed by atoms with Crippen LogP contribution in [0.25, 0.3) is 0 Å². The molecule has 0 amide bonds. The van der Waals surface area contributed by atoms with Crippen LogP contribution in [0.2, 0.25) is 0 Å². The Kier molecular flexibility index (Phi) is 4.56. The molecule has 1 unspecified atom stereocenters. The lowest BCUT2D eigenvalue weighted by Crippen LogP contribution is -2.16. The molecule has 1 atom stereocenters. The third-order valence-electron chi connectivity index (χ3n) is 3.04. The molecule has 1 fully saturated rings. The molecule has 7 heteroatoms. The van der Waals surface area contributed by atoms with Crippen LogP contribution in [0, 0.1) is 15.0 Å². The molecule has 19 heavy (non-hydrogen) atoms. The van der Waals surface area contributed by atoms with Crippen molar-refractivity contribution in [3.8, 4) is 0 Å². The average molecular weight is 375 g/mol. The van der Waals surface area contributed by atoms with Crippen molar-refractivity contribution in [1.82, 2.24) is 20.3 Å². The summed E-state index contributed by atoms with van der Waals surface area (Å²) in [7, 11) is 1.71. The van der Waals surface area contributed by atoms with Gasteiger partial charge >= 0.3 is 0 Å². The van der Waals surface area contributed by atoms with Gasteiger partial charge in [0.25, 0.3) is 0 Å². The van der Waals surface area contributed by atoms with Gasteiger partial charge in [0.15, 0.2) is 0 Å². The summed E-state index contributed by atoms with van der Waals surface area (Å²) in [5.74, 6) is 0.748. The minimum absolute atomic E-state index is 0.331. The standard InChI is InChI=1S/C12H18IN5O/c1-7(14)9(6-15-5-8-3-4-8)11(19)10-12(13)17-18(2)16-10/h6,8,11,14-15,19H,3-5H2,1-2H3/b9-6+,14-7?. The van der Waals surface area contributed by atoms with Crippen LogP contribution in [0.15, 0.2) is 11.8 Å². The Hall–Kier alpha value is -0.960. The van der Waals surface area contributed by atoms with E-state index in [0.29, 0.717) is 20.7 Å². The van der Waals surface area contributed by atoms with E-state index < -0.39 is 6.10 Å². The molecule has 0 aliphatic heterocycles. The zero-order valence-electron chi connectivity index (χ0n) is 11.0. The predicted molar refractivity (Wildman–Crippen MR) is 80.9 cm³/mol. The molecule has 2 rings (SSSR count). The maximum atomic E-state index is 10.4. The third-order valence-corrected chi connectivity index (χ3v) is 3.81. The highest BCUT2D eigenvalue weighted by Crippen LogP contribution is 2.28. The number of nitrogens with one attached hydrogen (secondary N) is 2. The molecule has 3 N–H and O–H groups in total. The number of aryl methyl sites for hydroxylation is 1. The lowest BCUT2D eigenvalue weighted by molar-refractivity contribution is 0.214. The molecule has 104 valence electrons. The zero-order valence-corrected chi connectivity index (χ0v) is 13.2. The Morgan fingerprint density at radius 2 is 2.32 bits per heavy atom. The van der Waals surface area contributed by atoms with Gasteiger partial charge in [-0.15, -0.1) is 5.10 Å². The summed E-state index contributed by atoms with van der Waals surface area (Å²) in [6.07, 6.45) is 3.36. The van der Waals surface area contributed by atoms with Gasteiger partial charge in [0.05, 0.1) is 0 Å². The van der Waals surface area contributed by atoms with Crippen molar-refractivity contribution >= 4 is 28.3 Å². The summed E-state index contributed by atoms with van der Waals surface area (Å²) in [4.78, 5) is 1.43. The molecule has 1 aromatic heterocycles. The van der Waals surface area contributed by atoms with Crippen LogP contribution in [-0.2, 0) is 7.05 Å². The number of aliphatic hydroxyl groups excluding tert-OH is 1. The third kappa shape index (κ3) is 3.75. The van der Waals surface area contributed by atoms with Crippen molar-refractivity contribution in [2.24, 2.45) is 13.0 Å². The summed E-state index contributed by atoms with van der Waals surface area (Å²) in [5.41, 5.74) is 1.37. The first-order valence-electron chi connectivity index (χ1n) is 6.22. The Morgan fingerprint density at radius 1 is 1.63 bits per heavy atom. The molecule has 0 aromatic carbocycles. The van der Waals surface area contributed by atoms with Gasteiger partial charge in [0, 0.05) is 31.1 Å². The number of hydrogen-bond acceptors (Lipinski definition) is 5. The fourth-order valence-corrected chi connectivity index (χ4v) is 2.48. The summed E-state index contributed by atoms with van der Waals surface area (Å²) in [6.45, 7) is 2.57. The molecule has 1 aliphatic rings. The van der Waals surface area contributed by atoms with E-state index in [1.807, 2.05) is 22.6 Å². The molecule has 1 heterocycles. The second-order valence-electron chi connectivity index (χ2n) is 4.84. The maximum absolute atomic E-state index is 10.4. The SMILES string of the molecule is CC(=N)/C(=C\NCC1CC1)C(O)c1nn(C)nc1I. The van der Waals surface area contributed by atoms with Gasteiger partial charge in [-0.2, -0.15) is 9.90 Å². The summed E-state index contributed by atoms with van der Waals surface area (Å²) in [6, 6.07) is 0. The highest BCUT2D eigenvalue weighted by molar-refractivity contribution is 14.1. The van der Waals surface area contributed by atoms with E-state index in [4.69, 9.17) is 5.41 Å². The molecular formula is C12H18IN5O. The number of halogens is 1. The lowest BCUT2D eigenvalue weighted by Gasteiger charge is -2.13. The summed E-state index contributed by atoms with van der Waals surface area (Å²) in [5, 5.41) is 29.6. The van der Waals surface area contributed by atoms with Gasteiger partial charge in [-0.05, 0) is 48.3 Å². The highest BCUT2D eigenvalue weighted by Gasteiger charge is 2.23. The summed E-state index contributed by atoms with van der Waals surface area (Å²) < 4.78 is 0.655. The second-order valence-corrected chi connectivity index (χ2v) is 5.87. The van der Waals surface area contributed by atoms with Crippen LogP contribution in [-0.4, -0.2) is 32.4 Å². The normalized spacial score (nSPS) is 17.4. The Morgan fingerprint density at radius 3 is 2.79 bits per heavy atom. The molecule has 0 saturated heterocycles. The quantitative estimate of drug-likeness (QED) is 0.518. The van der Waals surface area contributed by atoms with E-state index in [-0.39, 0.29) is 0 Å². The first-order valence-corrected chi connectivity index (χ1v) is 7.30. The van der Waals surface area contributed by atoms with Crippen LogP contribution in [0.3, 0.4) is 0 Å². The van der Waals surface area contributed by atoms with E-state index in [1.54, 1.807) is 20.2 Å². The van der Waals surface area contributed by atoms with Crippen LogP contribution < -0.4 is 5.32 Å². The van der Waals surface area contributed by atoms with E-state index in [2.05, 4.69) is 15.5 Å². The first kappa shape index (κ1) is 14.4. The lowest BCUT2D eigenvalue weighted by atomic mass is 10.0. The predicted octanol–water partition coefficient (Wildman–Crippen LogP) is 1.38. The van der Waals surface area contributed by atoms with Crippen molar-refractivity contribution < 1.29 is 5.11 Å². The molecule has 1 aromatic rings. The Balaban J connectivity index is 2.12. The number of aromatic nitrogens is 3. The van der Waals surface area contributed by atoms with Crippen LogP contribution in [0.4, 0.5) is 0 Å². The minimum atomic E-state index is -0.912. The van der Waals surface area contributed by atoms with Crippen molar-refractivity contribution in [2.45, 2.75) is 25.9 Å². The van der Waals surface area contributed by atoms with Gasteiger partial charge < -0.3 is 15.8 Å². The largest absolute Gasteiger partial charge is 0.390 e. The van der Waals surface area contributed by atoms with Crippen LogP contribution in [0.1, 0.15) is 31.6 Å². The maximum Gasteiger partial charge on any atom is 0.149 e. The van der Waals surface area contributed by atoms with Gasteiger partial charge in [-0.25, -0.2) is 0 Å².